The Bertz CT molecular complexity index is 593. The highest BCUT2D eigenvalue weighted by molar-refractivity contribution is 5.92. The summed E-state index contributed by atoms with van der Waals surface area (Å²) >= 11 is 0. The van der Waals surface area contributed by atoms with Crippen molar-refractivity contribution in [1.29, 1.82) is 0 Å². The van der Waals surface area contributed by atoms with E-state index in [1.54, 1.807) is 17.1 Å². The first-order valence-electron chi connectivity index (χ1n) is 7.25. The van der Waals surface area contributed by atoms with Crippen LogP contribution in [0.3, 0.4) is 0 Å². The Morgan fingerprint density at radius 3 is 2.76 bits per heavy atom. The predicted molar refractivity (Wildman–Crippen MR) is 79.9 cm³/mol. The smallest absolute Gasteiger partial charge is 0.227 e. The lowest BCUT2D eigenvalue weighted by atomic mass is 9.85. The van der Waals surface area contributed by atoms with Gasteiger partial charge in [0.1, 0.15) is 0 Å². The number of carbonyl (C=O) groups excluding carboxylic acids is 1. The highest BCUT2D eigenvalue weighted by Gasteiger charge is 2.25. The topological polar surface area (TPSA) is 85.8 Å². The lowest BCUT2D eigenvalue weighted by Crippen LogP contribution is -2.34. The van der Waals surface area contributed by atoms with Gasteiger partial charge in [0.2, 0.25) is 5.91 Å². The lowest BCUT2D eigenvalue weighted by Gasteiger charge is -2.25. The van der Waals surface area contributed by atoms with Crippen molar-refractivity contribution >= 4 is 11.6 Å². The highest BCUT2D eigenvalue weighted by Crippen LogP contribution is 2.24. The molecule has 1 saturated carbocycles. The number of nitrogens with two attached hydrogens (primary N) is 1. The molecule has 0 saturated heterocycles. The van der Waals surface area contributed by atoms with Crippen LogP contribution in [0.2, 0.25) is 0 Å². The summed E-state index contributed by atoms with van der Waals surface area (Å²) in [5.74, 6) is 0.0994. The zero-order chi connectivity index (χ0) is 14.7. The Morgan fingerprint density at radius 2 is 2.10 bits per heavy atom. The number of hydrogen-bond acceptors (Lipinski definition) is 4. The van der Waals surface area contributed by atoms with Gasteiger partial charge < -0.3 is 11.1 Å². The maximum Gasteiger partial charge on any atom is 0.227 e. The molecule has 0 aliphatic heterocycles. The first kappa shape index (κ1) is 13.8. The predicted octanol–water partition coefficient (Wildman–Crippen LogP) is 1.72. The van der Waals surface area contributed by atoms with Crippen molar-refractivity contribution in [2.24, 2.45) is 11.7 Å². The Hall–Kier alpha value is -2.21. The quantitative estimate of drug-likeness (QED) is 0.899. The van der Waals surface area contributed by atoms with Gasteiger partial charge >= 0.3 is 0 Å². The van der Waals surface area contributed by atoms with Crippen molar-refractivity contribution in [2.45, 2.75) is 31.7 Å². The van der Waals surface area contributed by atoms with Crippen LogP contribution in [0, 0.1) is 5.92 Å². The molecular formula is C15H19N5O. The number of anilines is 1. The molecule has 0 spiro atoms. The third-order valence-corrected chi connectivity index (χ3v) is 3.91. The van der Waals surface area contributed by atoms with E-state index < -0.39 is 0 Å². The molecule has 1 aliphatic rings. The van der Waals surface area contributed by atoms with Crippen molar-refractivity contribution in [2.75, 3.05) is 5.32 Å². The van der Waals surface area contributed by atoms with E-state index in [-0.39, 0.29) is 17.9 Å². The minimum absolute atomic E-state index is 0.0312. The number of aromatic nitrogens is 3. The summed E-state index contributed by atoms with van der Waals surface area (Å²) in [5.41, 5.74) is 7.64. The molecule has 3 N–H and O–H groups in total. The van der Waals surface area contributed by atoms with Gasteiger partial charge in [0.25, 0.3) is 0 Å². The molecule has 6 nitrogen and oxygen atoms in total. The monoisotopic (exact) mass is 285 g/mol. The maximum absolute atomic E-state index is 12.2. The summed E-state index contributed by atoms with van der Waals surface area (Å²) in [6, 6.07) is 7.70. The first-order valence-corrected chi connectivity index (χ1v) is 7.25. The van der Waals surface area contributed by atoms with Crippen molar-refractivity contribution in [3.63, 3.8) is 0 Å². The SMILES string of the molecule is NC1CCCC(C(=O)Nc2ccc(-n3ccnn3)cc2)C1. The summed E-state index contributed by atoms with van der Waals surface area (Å²) in [4.78, 5) is 12.2. The molecule has 2 aromatic rings. The molecule has 1 aliphatic carbocycles. The molecule has 21 heavy (non-hydrogen) atoms. The first-order chi connectivity index (χ1) is 10.2. The van der Waals surface area contributed by atoms with Gasteiger partial charge in [-0.25, -0.2) is 4.68 Å². The zero-order valence-corrected chi connectivity index (χ0v) is 11.8. The second-order valence-electron chi connectivity index (χ2n) is 5.51. The molecule has 3 rings (SSSR count). The van der Waals surface area contributed by atoms with E-state index in [4.69, 9.17) is 5.73 Å². The number of nitrogens with one attached hydrogen (secondary N) is 1. The minimum atomic E-state index is 0.0312. The van der Waals surface area contributed by atoms with Gasteiger partial charge in [0.05, 0.1) is 18.1 Å². The molecule has 1 fully saturated rings. The molecule has 1 aromatic carbocycles. The number of hydrogen-bond donors (Lipinski definition) is 2. The summed E-state index contributed by atoms with van der Waals surface area (Å²) in [7, 11) is 0. The Balaban J connectivity index is 1.63. The largest absolute Gasteiger partial charge is 0.328 e. The maximum atomic E-state index is 12.2. The number of carbonyl (C=O) groups is 1. The van der Waals surface area contributed by atoms with Crippen molar-refractivity contribution in [1.82, 2.24) is 15.0 Å². The molecule has 2 unspecified atom stereocenters. The van der Waals surface area contributed by atoms with Crippen molar-refractivity contribution in [3.05, 3.63) is 36.7 Å². The van der Waals surface area contributed by atoms with Gasteiger partial charge in [-0.1, -0.05) is 11.6 Å². The number of amides is 1. The van der Waals surface area contributed by atoms with Crippen LogP contribution >= 0.6 is 0 Å². The Kier molecular flexibility index (Phi) is 3.96. The Morgan fingerprint density at radius 1 is 1.29 bits per heavy atom. The van der Waals surface area contributed by atoms with Crippen LogP contribution in [-0.4, -0.2) is 26.9 Å². The summed E-state index contributed by atoms with van der Waals surface area (Å²) < 4.78 is 1.67. The fraction of sp³-hybridized carbons (Fsp3) is 0.400. The van der Waals surface area contributed by atoms with Gasteiger partial charge in [-0.2, -0.15) is 0 Å². The summed E-state index contributed by atoms with van der Waals surface area (Å²) in [6.07, 6.45) is 7.17. The van der Waals surface area contributed by atoms with E-state index in [0.29, 0.717) is 0 Å². The minimum Gasteiger partial charge on any atom is -0.328 e. The van der Waals surface area contributed by atoms with E-state index in [0.717, 1.165) is 37.1 Å². The summed E-state index contributed by atoms with van der Waals surface area (Å²) in [5, 5.41) is 10.7. The van der Waals surface area contributed by atoms with Crippen LogP contribution < -0.4 is 11.1 Å². The van der Waals surface area contributed by atoms with Crippen LogP contribution in [0.25, 0.3) is 5.69 Å². The third kappa shape index (κ3) is 3.28. The van der Waals surface area contributed by atoms with Gasteiger partial charge in [0.15, 0.2) is 0 Å². The molecule has 0 radical (unpaired) electrons. The van der Waals surface area contributed by atoms with Crippen LogP contribution in [0.1, 0.15) is 25.7 Å². The molecule has 6 heteroatoms. The third-order valence-electron chi connectivity index (χ3n) is 3.91. The van der Waals surface area contributed by atoms with E-state index >= 15 is 0 Å². The Labute approximate surface area is 123 Å². The number of nitrogens with zero attached hydrogens (tertiary/aromatic N) is 3. The van der Waals surface area contributed by atoms with Crippen LogP contribution in [0.5, 0.6) is 0 Å². The van der Waals surface area contributed by atoms with Gasteiger partial charge in [-0.3, -0.25) is 4.79 Å². The standard InChI is InChI=1S/C15H19N5O/c16-12-3-1-2-11(10-12)15(21)18-13-4-6-14(7-5-13)20-9-8-17-19-20/h4-9,11-12H,1-3,10,16H2,(H,18,21). The van der Waals surface area contributed by atoms with Crippen LogP contribution in [-0.2, 0) is 4.79 Å². The van der Waals surface area contributed by atoms with Crippen molar-refractivity contribution in [3.8, 4) is 5.69 Å². The highest BCUT2D eigenvalue weighted by atomic mass is 16.1. The van der Waals surface area contributed by atoms with Gasteiger partial charge in [0, 0.05) is 17.6 Å². The second-order valence-corrected chi connectivity index (χ2v) is 5.51. The zero-order valence-electron chi connectivity index (χ0n) is 11.8. The fourth-order valence-electron chi connectivity index (χ4n) is 2.75. The molecular weight excluding hydrogens is 266 g/mol. The average Bonchev–Trinajstić information content (AvgIpc) is 3.02. The second kappa shape index (κ2) is 6.05. The molecule has 0 bridgehead atoms. The van der Waals surface area contributed by atoms with Gasteiger partial charge in [-0.05, 0) is 43.5 Å². The van der Waals surface area contributed by atoms with Gasteiger partial charge in [-0.15, -0.1) is 5.10 Å². The summed E-state index contributed by atoms with van der Waals surface area (Å²) in [6.45, 7) is 0. The normalized spacial score (nSPS) is 22.0. The molecule has 110 valence electrons. The van der Waals surface area contributed by atoms with Crippen molar-refractivity contribution < 1.29 is 4.79 Å². The lowest BCUT2D eigenvalue weighted by molar-refractivity contribution is -0.120. The molecule has 1 amide bonds. The van der Waals surface area contributed by atoms with E-state index in [1.807, 2.05) is 24.3 Å². The van der Waals surface area contributed by atoms with Crippen LogP contribution in [0.4, 0.5) is 5.69 Å². The fourth-order valence-corrected chi connectivity index (χ4v) is 2.75. The van der Waals surface area contributed by atoms with E-state index in [9.17, 15) is 4.79 Å². The van der Waals surface area contributed by atoms with Crippen LogP contribution in [0.15, 0.2) is 36.7 Å². The van der Waals surface area contributed by atoms with E-state index in [1.165, 1.54) is 0 Å². The average molecular weight is 285 g/mol. The molecule has 2 atom stereocenters. The molecule has 1 heterocycles. The van der Waals surface area contributed by atoms with E-state index in [2.05, 4.69) is 15.6 Å². The number of benzene rings is 1. The molecule has 1 aromatic heterocycles. The number of rotatable bonds is 3.